The van der Waals surface area contributed by atoms with Crippen LogP contribution < -0.4 is 0 Å². The van der Waals surface area contributed by atoms with Crippen molar-refractivity contribution in [3.63, 3.8) is 0 Å². The first kappa shape index (κ1) is 13.8. The molecule has 5 nitrogen and oxygen atoms in total. The summed E-state index contributed by atoms with van der Waals surface area (Å²) in [5.41, 5.74) is 0. The molecule has 0 spiro atoms. The van der Waals surface area contributed by atoms with Gasteiger partial charge in [0.05, 0.1) is 6.61 Å². The van der Waals surface area contributed by atoms with Crippen molar-refractivity contribution < 1.29 is 24.1 Å². The Labute approximate surface area is 107 Å². The largest absolute Gasteiger partial charge is 0.387 e. The van der Waals surface area contributed by atoms with Crippen LogP contribution in [0.3, 0.4) is 0 Å². The third kappa shape index (κ3) is 2.68. The lowest BCUT2D eigenvalue weighted by Crippen LogP contribution is -2.44. The fourth-order valence-electron chi connectivity index (χ4n) is 2.26. The molecular weight excluding hydrogens is 236 g/mol. The molecule has 2 fully saturated rings. The van der Waals surface area contributed by atoms with Gasteiger partial charge in [-0.2, -0.15) is 0 Å². The topological polar surface area (TPSA) is 57.2 Å². The maximum Gasteiger partial charge on any atom is 0.165 e. The highest BCUT2D eigenvalue weighted by Crippen LogP contribution is 2.33. The fraction of sp³-hybridized carbons (Fsp3) is 0.846. The third-order valence-corrected chi connectivity index (χ3v) is 3.04. The van der Waals surface area contributed by atoms with Crippen LogP contribution in [0, 0.1) is 12.3 Å². The van der Waals surface area contributed by atoms with Gasteiger partial charge in [0, 0.05) is 0 Å². The van der Waals surface area contributed by atoms with E-state index >= 15 is 0 Å². The summed E-state index contributed by atoms with van der Waals surface area (Å²) in [7, 11) is 0. The molecular formula is C13H20O5. The van der Waals surface area contributed by atoms with Gasteiger partial charge in [0.25, 0.3) is 0 Å². The fourth-order valence-corrected chi connectivity index (χ4v) is 2.26. The molecule has 2 aliphatic rings. The first-order valence-electron chi connectivity index (χ1n) is 6.06. The highest BCUT2D eigenvalue weighted by atomic mass is 16.8. The van der Waals surface area contributed by atoms with Crippen molar-refractivity contribution in [2.24, 2.45) is 0 Å². The van der Waals surface area contributed by atoms with Crippen molar-refractivity contribution in [2.45, 2.75) is 63.7 Å². The number of rotatable bonds is 2. The third-order valence-electron chi connectivity index (χ3n) is 3.04. The number of ether oxygens (including phenoxy) is 4. The molecule has 0 aliphatic carbocycles. The van der Waals surface area contributed by atoms with E-state index in [2.05, 4.69) is 5.92 Å². The van der Waals surface area contributed by atoms with Crippen molar-refractivity contribution in [1.82, 2.24) is 0 Å². The molecule has 0 aromatic carbocycles. The van der Waals surface area contributed by atoms with Gasteiger partial charge in [0.15, 0.2) is 11.6 Å². The number of terminal acetylenes is 1. The normalized spacial score (nSPS) is 39.4. The van der Waals surface area contributed by atoms with Crippen LogP contribution in [0.2, 0.25) is 0 Å². The van der Waals surface area contributed by atoms with Crippen LogP contribution in [0.15, 0.2) is 0 Å². The van der Waals surface area contributed by atoms with E-state index in [1.165, 1.54) is 0 Å². The molecule has 2 heterocycles. The Bertz CT molecular complexity index is 357. The van der Waals surface area contributed by atoms with E-state index < -0.39 is 36.0 Å². The van der Waals surface area contributed by atoms with Crippen LogP contribution in [-0.2, 0) is 18.9 Å². The summed E-state index contributed by atoms with van der Waals surface area (Å²) in [6, 6.07) is 0. The molecule has 0 aromatic heterocycles. The van der Waals surface area contributed by atoms with Gasteiger partial charge in [-0.05, 0) is 27.7 Å². The summed E-state index contributed by atoms with van der Waals surface area (Å²) in [5.74, 6) is 1.01. The maximum atomic E-state index is 10.3. The molecule has 18 heavy (non-hydrogen) atoms. The van der Waals surface area contributed by atoms with Crippen molar-refractivity contribution in [3.05, 3.63) is 0 Å². The van der Waals surface area contributed by atoms with Gasteiger partial charge in [-0.15, -0.1) is 6.42 Å². The predicted octanol–water partition coefficient (Wildman–Crippen LogP) is 0.652. The Balaban J connectivity index is 2.05. The summed E-state index contributed by atoms with van der Waals surface area (Å²) < 4.78 is 22.2. The summed E-state index contributed by atoms with van der Waals surface area (Å²) >= 11 is 0. The second-order valence-corrected chi connectivity index (χ2v) is 5.55. The maximum absolute atomic E-state index is 10.3. The zero-order valence-electron chi connectivity index (χ0n) is 11.2. The highest BCUT2D eigenvalue weighted by molar-refractivity contribution is 5.06. The van der Waals surface area contributed by atoms with E-state index in [0.717, 1.165) is 0 Å². The first-order chi connectivity index (χ1) is 8.24. The molecule has 0 radical (unpaired) electrons. The van der Waals surface area contributed by atoms with Crippen LogP contribution in [0.1, 0.15) is 27.7 Å². The van der Waals surface area contributed by atoms with Gasteiger partial charge in [-0.25, -0.2) is 0 Å². The van der Waals surface area contributed by atoms with Crippen molar-refractivity contribution >= 4 is 0 Å². The Morgan fingerprint density at radius 3 is 2.33 bits per heavy atom. The minimum absolute atomic E-state index is 0.311. The van der Waals surface area contributed by atoms with Crippen LogP contribution in [0.25, 0.3) is 0 Å². The van der Waals surface area contributed by atoms with Crippen LogP contribution in [0.4, 0.5) is 0 Å². The summed E-state index contributed by atoms with van der Waals surface area (Å²) in [5, 5.41) is 10.3. The van der Waals surface area contributed by atoms with Crippen molar-refractivity contribution in [1.29, 1.82) is 0 Å². The van der Waals surface area contributed by atoms with Gasteiger partial charge in [0.1, 0.15) is 24.4 Å². The Morgan fingerprint density at radius 1 is 1.17 bits per heavy atom. The Kier molecular flexibility index (Phi) is 3.43. The predicted molar refractivity (Wildman–Crippen MR) is 63.6 cm³/mol. The average Bonchev–Trinajstić information content (AvgIpc) is 2.77. The molecule has 5 heteroatoms. The smallest absolute Gasteiger partial charge is 0.165 e. The van der Waals surface area contributed by atoms with E-state index in [4.69, 9.17) is 25.4 Å². The molecule has 2 saturated heterocycles. The van der Waals surface area contributed by atoms with Crippen molar-refractivity contribution in [2.75, 3.05) is 6.61 Å². The molecule has 0 saturated carbocycles. The number of aliphatic hydroxyl groups is 1. The minimum Gasteiger partial charge on any atom is -0.387 e. The Hall–Kier alpha value is -0.640. The van der Waals surface area contributed by atoms with Gasteiger partial charge < -0.3 is 24.1 Å². The quantitative estimate of drug-likeness (QED) is 0.735. The lowest BCUT2D eigenvalue weighted by atomic mass is 10.0. The van der Waals surface area contributed by atoms with E-state index in [1.807, 2.05) is 0 Å². The highest BCUT2D eigenvalue weighted by Gasteiger charge is 2.49. The Morgan fingerprint density at radius 2 is 1.83 bits per heavy atom. The van der Waals surface area contributed by atoms with Crippen LogP contribution in [0.5, 0.6) is 0 Å². The van der Waals surface area contributed by atoms with Gasteiger partial charge in [-0.1, -0.05) is 5.92 Å². The van der Waals surface area contributed by atoms with Gasteiger partial charge in [-0.3, -0.25) is 0 Å². The molecule has 0 bridgehead atoms. The first-order valence-corrected chi connectivity index (χ1v) is 6.06. The summed E-state index contributed by atoms with van der Waals surface area (Å²) in [6.45, 7) is 7.44. The standard InChI is InChI=1S/C13H20O5/c1-6-8-11(18-13(4,5)16-8)10(14)9-7-15-12(2,3)17-9/h1,8-11,14H,7H2,2-5H3/t8-,9+,10+,11-/m0/s1. The van der Waals surface area contributed by atoms with E-state index in [0.29, 0.717) is 6.61 Å². The second kappa shape index (κ2) is 4.48. The van der Waals surface area contributed by atoms with Crippen LogP contribution in [-0.4, -0.2) is 47.7 Å². The number of aliphatic hydroxyl groups excluding tert-OH is 1. The zero-order valence-corrected chi connectivity index (χ0v) is 11.2. The van der Waals surface area contributed by atoms with Gasteiger partial charge in [0.2, 0.25) is 0 Å². The molecule has 102 valence electrons. The SMILES string of the molecule is C#C[C@@H]1OC(C)(C)O[C@@H]1[C@H](O)[C@H]1COC(C)(C)O1. The summed E-state index contributed by atoms with van der Waals surface area (Å²) in [6.07, 6.45) is 2.87. The zero-order chi connectivity index (χ0) is 13.6. The monoisotopic (exact) mass is 256 g/mol. The van der Waals surface area contributed by atoms with E-state index in [1.54, 1.807) is 27.7 Å². The van der Waals surface area contributed by atoms with Crippen LogP contribution >= 0.6 is 0 Å². The number of hydrogen-bond donors (Lipinski definition) is 1. The van der Waals surface area contributed by atoms with E-state index in [9.17, 15) is 5.11 Å². The van der Waals surface area contributed by atoms with E-state index in [-0.39, 0.29) is 0 Å². The molecule has 0 amide bonds. The minimum atomic E-state index is -0.880. The van der Waals surface area contributed by atoms with Gasteiger partial charge >= 0.3 is 0 Å². The summed E-state index contributed by atoms with van der Waals surface area (Å²) in [4.78, 5) is 0. The average molecular weight is 256 g/mol. The molecule has 2 aliphatic heterocycles. The molecule has 1 N–H and O–H groups in total. The molecule has 2 rings (SSSR count). The lowest BCUT2D eigenvalue weighted by Gasteiger charge is -2.25. The van der Waals surface area contributed by atoms with Crippen molar-refractivity contribution in [3.8, 4) is 12.3 Å². The lowest BCUT2D eigenvalue weighted by molar-refractivity contribution is -0.178. The second-order valence-electron chi connectivity index (χ2n) is 5.55. The molecule has 4 atom stereocenters. The number of hydrogen-bond acceptors (Lipinski definition) is 5. The molecule has 0 unspecified atom stereocenters. The molecule has 0 aromatic rings.